The van der Waals surface area contributed by atoms with E-state index in [1.807, 2.05) is 31.2 Å². The third kappa shape index (κ3) is 2.35. The number of pyridine rings is 1. The van der Waals surface area contributed by atoms with Crippen LogP contribution < -0.4 is 10.5 Å². The molecular formula is C14H13N3O2. The van der Waals surface area contributed by atoms with Gasteiger partial charge in [0.05, 0.1) is 5.69 Å². The zero-order valence-corrected chi connectivity index (χ0v) is 10.5. The van der Waals surface area contributed by atoms with Crippen LogP contribution >= 0.6 is 0 Å². The number of aromatic nitrogens is 2. The lowest BCUT2D eigenvalue weighted by Crippen LogP contribution is -1.98. The first kappa shape index (κ1) is 11.5. The van der Waals surface area contributed by atoms with Crippen molar-refractivity contribution >= 4 is 16.9 Å². The summed E-state index contributed by atoms with van der Waals surface area (Å²) in [6.45, 7) is 2.14. The second-order valence-corrected chi connectivity index (χ2v) is 4.21. The Balaban J connectivity index is 1.80. The molecule has 0 radical (unpaired) electrons. The maximum atomic E-state index is 5.79. The fourth-order valence-electron chi connectivity index (χ4n) is 1.77. The highest BCUT2D eigenvalue weighted by Crippen LogP contribution is 2.21. The number of hydrogen-bond donors (Lipinski definition) is 1. The average molecular weight is 255 g/mol. The monoisotopic (exact) mass is 255 g/mol. The molecule has 3 aromatic rings. The third-order valence-electron chi connectivity index (χ3n) is 2.71. The summed E-state index contributed by atoms with van der Waals surface area (Å²) in [7, 11) is 0. The molecule has 0 amide bonds. The fourth-order valence-corrected chi connectivity index (χ4v) is 1.77. The Morgan fingerprint density at radius 1 is 1.16 bits per heavy atom. The maximum Gasteiger partial charge on any atom is 0.235 e. The molecule has 0 aliphatic carbocycles. The topological polar surface area (TPSA) is 74.2 Å². The van der Waals surface area contributed by atoms with Gasteiger partial charge >= 0.3 is 0 Å². The molecular weight excluding hydrogens is 242 g/mol. The number of nitrogen functional groups attached to an aromatic ring is 1. The summed E-state index contributed by atoms with van der Waals surface area (Å²) in [6.07, 6.45) is 0. The maximum absolute atomic E-state index is 5.79. The lowest BCUT2D eigenvalue weighted by molar-refractivity contribution is 0.268. The lowest BCUT2D eigenvalue weighted by atomic mass is 10.3. The predicted octanol–water partition coefficient (Wildman–Crippen LogP) is 2.69. The number of rotatable bonds is 3. The summed E-state index contributed by atoms with van der Waals surface area (Å²) in [5.74, 6) is 1.10. The van der Waals surface area contributed by atoms with Crippen molar-refractivity contribution in [2.75, 3.05) is 5.73 Å². The van der Waals surface area contributed by atoms with Gasteiger partial charge in [0.1, 0.15) is 5.75 Å². The van der Waals surface area contributed by atoms with Gasteiger partial charge in [-0.05, 0) is 31.2 Å². The van der Waals surface area contributed by atoms with E-state index in [1.165, 1.54) is 0 Å². The van der Waals surface area contributed by atoms with Crippen LogP contribution in [0, 0.1) is 6.92 Å². The van der Waals surface area contributed by atoms with E-state index < -0.39 is 0 Å². The molecule has 5 nitrogen and oxygen atoms in total. The minimum absolute atomic E-state index is 0.226. The van der Waals surface area contributed by atoms with Gasteiger partial charge in [-0.3, -0.25) is 0 Å². The van der Waals surface area contributed by atoms with Gasteiger partial charge in [-0.25, -0.2) is 4.98 Å². The minimum Gasteiger partial charge on any atom is -0.482 e. The number of anilines is 1. The molecule has 0 fully saturated rings. The number of nitrogens with two attached hydrogens (primary N) is 1. The SMILES string of the molecule is Cc1ccc2oc(COc3ccccc3N)nc2n1. The van der Waals surface area contributed by atoms with Crippen LogP contribution in [0.1, 0.15) is 11.6 Å². The second kappa shape index (κ2) is 4.61. The number of benzene rings is 1. The number of fused-ring (bicyclic) bond motifs is 1. The Kier molecular flexibility index (Phi) is 2.79. The van der Waals surface area contributed by atoms with Crippen LogP contribution in [-0.4, -0.2) is 9.97 Å². The van der Waals surface area contributed by atoms with Crippen molar-refractivity contribution in [1.29, 1.82) is 0 Å². The Hall–Kier alpha value is -2.56. The fraction of sp³-hybridized carbons (Fsp3) is 0.143. The number of oxazole rings is 1. The highest BCUT2D eigenvalue weighted by molar-refractivity contribution is 5.67. The van der Waals surface area contributed by atoms with Gasteiger partial charge in [0, 0.05) is 5.69 Å². The van der Waals surface area contributed by atoms with Gasteiger partial charge in [0.2, 0.25) is 5.89 Å². The zero-order chi connectivity index (χ0) is 13.2. The quantitative estimate of drug-likeness (QED) is 0.728. The van der Waals surface area contributed by atoms with E-state index in [2.05, 4.69) is 9.97 Å². The molecule has 1 aromatic carbocycles. The summed E-state index contributed by atoms with van der Waals surface area (Å²) in [4.78, 5) is 8.56. The van der Waals surface area contributed by atoms with E-state index in [1.54, 1.807) is 12.1 Å². The lowest BCUT2D eigenvalue weighted by Gasteiger charge is -2.05. The average Bonchev–Trinajstić information content (AvgIpc) is 2.79. The zero-order valence-electron chi connectivity index (χ0n) is 10.5. The van der Waals surface area contributed by atoms with Gasteiger partial charge in [0.15, 0.2) is 17.8 Å². The Bertz CT molecular complexity index is 722. The molecule has 96 valence electrons. The van der Waals surface area contributed by atoms with E-state index in [0.717, 1.165) is 5.69 Å². The molecule has 0 aliphatic heterocycles. The largest absolute Gasteiger partial charge is 0.482 e. The molecule has 0 unspecified atom stereocenters. The Morgan fingerprint density at radius 2 is 2.00 bits per heavy atom. The third-order valence-corrected chi connectivity index (χ3v) is 2.71. The highest BCUT2D eigenvalue weighted by atomic mass is 16.5. The van der Waals surface area contributed by atoms with E-state index in [-0.39, 0.29) is 6.61 Å². The summed E-state index contributed by atoms with van der Waals surface area (Å²) < 4.78 is 11.1. The Morgan fingerprint density at radius 3 is 2.84 bits per heavy atom. The van der Waals surface area contributed by atoms with Crippen LogP contribution in [0.15, 0.2) is 40.8 Å². The Labute approximate surface area is 110 Å². The van der Waals surface area contributed by atoms with Crippen LogP contribution in [0.2, 0.25) is 0 Å². The minimum atomic E-state index is 0.226. The van der Waals surface area contributed by atoms with Crippen LogP contribution in [0.4, 0.5) is 5.69 Å². The predicted molar refractivity (Wildman–Crippen MR) is 71.7 cm³/mol. The van der Waals surface area contributed by atoms with Crippen LogP contribution in [0.3, 0.4) is 0 Å². The standard InChI is InChI=1S/C14H13N3O2/c1-9-6-7-12-14(16-9)17-13(19-12)8-18-11-5-3-2-4-10(11)15/h2-7H,8,15H2,1H3. The van der Waals surface area contributed by atoms with Gasteiger partial charge in [-0.2, -0.15) is 4.98 Å². The highest BCUT2D eigenvalue weighted by Gasteiger charge is 2.08. The normalized spacial score (nSPS) is 10.8. The van der Waals surface area contributed by atoms with Gasteiger partial charge in [-0.15, -0.1) is 0 Å². The summed E-state index contributed by atoms with van der Waals surface area (Å²) in [6, 6.07) is 11.0. The molecule has 0 spiro atoms. The summed E-state index contributed by atoms with van der Waals surface area (Å²) in [5.41, 5.74) is 8.54. The molecule has 0 saturated heterocycles. The molecule has 0 atom stereocenters. The molecule has 2 N–H and O–H groups in total. The van der Waals surface area contributed by atoms with Crippen LogP contribution in [-0.2, 0) is 6.61 Å². The van der Waals surface area contributed by atoms with Crippen LogP contribution in [0.25, 0.3) is 11.2 Å². The first-order chi connectivity index (χ1) is 9.22. The van der Waals surface area contributed by atoms with Crippen molar-refractivity contribution in [2.45, 2.75) is 13.5 Å². The van der Waals surface area contributed by atoms with Gasteiger partial charge in [0.25, 0.3) is 0 Å². The van der Waals surface area contributed by atoms with Crippen molar-refractivity contribution in [1.82, 2.24) is 9.97 Å². The van der Waals surface area contributed by atoms with Crippen molar-refractivity contribution in [3.8, 4) is 5.75 Å². The van der Waals surface area contributed by atoms with E-state index >= 15 is 0 Å². The van der Waals surface area contributed by atoms with Crippen molar-refractivity contribution < 1.29 is 9.15 Å². The van der Waals surface area contributed by atoms with Crippen molar-refractivity contribution in [3.05, 3.63) is 48.0 Å². The van der Waals surface area contributed by atoms with E-state index in [9.17, 15) is 0 Å². The molecule has 0 aliphatic rings. The number of aryl methyl sites for hydroxylation is 1. The van der Waals surface area contributed by atoms with Crippen molar-refractivity contribution in [2.24, 2.45) is 0 Å². The van der Waals surface area contributed by atoms with Crippen molar-refractivity contribution in [3.63, 3.8) is 0 Å². The summed E-state index contributed by atoms with van der Waals surface area (Å²) in [5, 5.41) is 0. The molecule has 5 heteroatoms. The number of para-hydroxylation sites is 2. The first-order valence-corrected chi connectivity index (χ1v) is 5.93. The molecule has 0 saturated carbocycles. The molecule has 2 heterocycles. The molecule has 19 heavy (non-hydrogen) atoms. The number of hydrogen-bond acceptors (Lipinski definition) is 5. The van der Waals surface area contributed by atoms with E-state index in [4.69, 9.17) is 14.9 Å². The number of ether oxygens (including phenoxy) is 1. The summed E-state index contributed by atoms with van der Waals surface area (Å²) >= 11 is 0. The molecule has 0 bridgehead atoms. The second-order valence-electron chi connectivity index (χ2n) is 4.21. The molecule has 2 aromatic heterocycles. The van der Waals surface area contributed by atoms with Crippen LogP contribution in [0.5, 0.6) is 5.75 Å². The number of nitrogens with zero attached hydrogens (tertiary/aromatic N) is 2. The van der Waals surface area contributed by atoms with E-state index in [0.29, 0.717) is 28.6 Å². The first-order valence-electron chi connectivity index (χ1n) is 5.93. The molecule has 3 rings (SSSR count). The smallest absolute Gasteiger partial charge is 0.235 e. The van der Waals surface area contributed by atoms with Gasteiger partial charge < -0.3 is 14.9 Å². The van der Waals surface area contributed by atoms with Gasteiger partial charge in [-0.1, -0.05) is 12.1 Å².